The van der Waals surface area contributed by atoms with Gasteiger partial charge in [-0.15, -0.1) is 0 Å². The number of carbonyl (C=O) groups excluding carboxylic acids is 1. The minimum Gasteiger partial charge on any atom is -0.444 e. The molecule has 2 aliphatic heterocycles. The number of rotatable bonds is 1. The Balaban J connectivity index is 1.76. The summed E-state index contributed by atoms with van der Waals surface area (Å²) in [6.45, 7) is 2.69. The van der Waals surface area contributed by atoms with Crippen LogP contribution in [0.1, 0.15) is 17.0 Å². The second kappa shape index (κ2) is 3.89. The van der Waals surface area contributed by atoms with E-state index in [1.807, 2.05) is 4.90 Å². The van der Waals surface area contributed by atoms with Crippen molar-refractivity contribution in [3.8, 4) is 0 Å². The number of carbonyl (C=O) groups is 1. The van der Waals surface area contributed by atoms with Crippen molar-refractivity contribution in [1.29, 1.82) is 0 Å². The van der Waals surface area contributed by atoms with E-state index in [2.05, 4.69) is 21.2 Å². The third kappa shape index (κ3) is 1.78. The van der Waals surface area contributed by atoms with Gasteiger partial charge in [0.25, 0.3) is 5.91 Å². The van der Waals surface area contributed by atoms with Gasteiger partial charge < -0.3 is 14.6 Å². The molecule has 0 unspecified atom stereocenters. The Bertz CT molecular complexity index is 406. The highest BCUT2D eigenvalue weighted by Gasteiger charge is 2.35. The number of furan rings is 1. The number of hydrogen-bond donors (Lipinski definition) is 1. The summed E-state index contributed by atoms with van der Waals surface area (Å²) in [6.07, 6.45) is 1.20. The predicted molar refractivity (Wildman–Crippen MR) is 62.2 cm³/mol. The van der Waals surface area contributed by atoms with Gasteiger partial charge in [0.2, 0.25) is 0 Å². The van der Waals surface area contributed by atoms with Gasteiger partial charge >= 0.3 is 0 Å². The van der Waals surface area contributed by atoms with E-state index in [1.54, 1.807) is 12.1 Å². The highest BCUT2D eigenvalue weighted by atomic mass is 79.9. The normalized spacial score (nSPS) is 28.4. The van der Waals surface area contributed by atoms with Crippen LogP contribution in [-0.4, -0.2) is 36.5 Å². The summed E-state index contributed by atoms with van der Waals surface area (Å²) in [6, 6.07) is 3.95. The van der Waals surface area contributed by atoms with Crippen molar-refractivity contribution in [2.24, 2.45) is 5.92 Å². The lowest BCUT2D eigenvalue weighted by Crippen LogP contribution is -2.44. The first-order valence-electron chi connectivity index (χ1n) is 5.50. The average Bonchev–Trinajstić information content (AvgIpc) is 2.84. The number of hydrogen-bond acceptors (Lipinski definition) is 3. The first-order chi connectivity index (χ1) is 7.72. The lowest BCUT2D eigenvalue weighted by Gasteiger charge is -2.30. The second-order valence-electron chi connectivity index (χ2n) is 4.52. The molecule has 2 aliphatic rings. The molecule has 1 aromatic rings. The largest absolute Gasteiger partial charge is 0.444 e. The van der Waals surface area contributed by atoms with E-state index in [-0.39, 0.29) is 5.91 Å². The molecule has 2 fully saturated rings. The molecule has 2 saturated heterocycles. The monoisotopic (exact) mass is 284 g/mol. The molecule has 5 heteroatoms. The molecular weight excluding hydrogens is 272 g/mol. The molecule has 0 radical (unpaired) electrons. The molecule has 1 aromatic heterocycles. The maximum atomic E-state index is 12.1. The molecular formula is C11H13BrN2O2. The first kappa shape index (κ1) is 10.4. The zero-order chi connectivity index (χ0) is 11.1. The Morgan fingerprint density at radius 2 is 2.38 bits per heavy atom. The van der Waals surface area contributed by atoms with E-state index in [0.29, 0.717) is 22.4 Å². The van der Waals surface area contributed by atoms with Gasteiger partial charge in [0.05, 0.1) is 0 Å². The maximum absolute atomic E-state index is 12.1. The fourth-order valence-electron chi connectivity index (χ4n) is 2.58. The van der Waals surface area contributed by atoms with E-state index in [0.717, 1.165) is 19.6 Å². The van der Waals surface area contributed by atoms with Crippen molar-refractivity contribution in [2.75, 3.05) is 19.6 Å². The SMILES string of the molecule is O=C(c1ccc(Br)o1)N1C[C@H]2CN[C@@H](C2)C1. The lowest BCUT2D eigenvalue weighted by atomic mass is 10.00. The molecule has 16 heavy (non-hydrogen) atoms. The Hall–Kier alpha value is -0.810. The molecule has 0 saturated carbocycles. The standard InChI is InChI=1S/C11H13BrN2O2/c12-10-2-1-9(16-10)11(15)14-5-7-3-8(6-14)13-4-7/h1-2,7-8,13H,3-6H2/t7-,8+/m1/s1. The average molecular weight is 285 g/mol. The third-order valence-electron chi connectivity index (χ3n) is 3.30. The Morgan fingerprint density at radius 3 is 3.06 bits per heavy atom. The number of amides is 1. The van der Waals surface area contributed by atoms with E-state index < -0.39 is 0 Å². The van der Waals surface area contributed by atoms with Gasteiger partial charge in [-0.1, -0.05) is 0 Å². The molecule has 1 N–H and O–H groups in total. The van der Waals surface area contributed by atoms with Crippen LogP contribution < -0.4 is 5.32 Å². The summed E-state index contributed by atoms with van der Waals surface area (Å²) >= 11 is 3.21. The summed E-state index contributed by atoms with van der Waals surface area (Å²) in [4.78, 5) is 14.0. The van der Waals surface area contributed by atoms with Gasteiger partial charge in [0, 0.05) is 25.7 Å². The highest BCUT2D eigenvalue weighted by Crippen LogP contribution is 2.24. The summed E-state index contributed by atoms with van der Waals surface area (Å²) < 4.78 is 5.90. The van der Waals surface area contributed by atoms with Crippen LogP contribution in [0.25, 0.3) is 0 Å². The van der Waals surface area contributed by atoms with Crippen LogP contribution in [0.4, 0.5) is 0 Å². The number of fused-ring (bicyclic) bond motifs is 2. The number of nitrogens with one attached hydrogen (secondary N) is 1. The van der Waals surface area contributed by atoms with Crippen LogP contribution in [-0.2, 0) is 0 Å². The molecule has 0 spiro atoms. The molecule has 3 heterocycles. The molecule has 1 amide bonds. The van der Waals surface area contributed by atoms with Crippen LogP contribution in [0.15, 0.2) is 21.2 Å². The van der Waals surface area contributed by atoms with Gasteiger partial charge in [-0.2, -0.15) is 0 Å². The number of piperidine rings is 1. The predicted octanol–water partition coefficient (Wildman–Crippen LogP) is 1.48. The van der Waals surface area contributed by atoms with Gasteiger partial charge in [-0.25, -0.2) is 0 Å². The molecule has 2 bridgehead atoms. The van der Waals surface area contributed by atoms with Crippen LogP contribution >= 0.6 is 15.9 Å². The van der Waals surface area contributed by atoms with Gasteiger partial charge in [-0.05, 0) is 40.4 Å². The lowest BCUT2D eigenvalue weighted by molar-refractivity contribution is 0.0658. The smallest absolute Gasteiger partial charge is 0.289 e. The topological polar surface area (TPSA) is 45.5 Å². The van der Waals surface area contributed by atoms with Crippen LogP contribution in [0.2, 0.25) is 0 Å². The fraction of sp³-hybridized carbons (Fsp3) is 0.545. The van der Waals surface area contributed by atoms with E-state index in [9.17, 15) is 4.79 Å². The zero-order valence-corrected chi connectivity index (χ0v) is 10.4. The zero-order valence-electron chi connectivity index (χ0n) is 8.78. The van der Waals surface area contributed by atoms with Crippen LogP contribution in [0.5, 0.6) is 0 Å². The van der Waals surface area contributed by atoms with Crippen molar-refractivity contribution in [3.05, 3.63) is 22.6 Å². The van der Waals surface area contributed by atoms with Crippen molar-refractivity contribution in [3.63, 3.8) is 0 Å². The summed E-state index contributed by atoms with van der Waals surface area (Å²) in [5.41, 5.74) is 0. The Morgan fingerprint density at radius 1 is 1.50 bits per heavy atom. The molecule has 3 rings (SSSR count). The minimum atomic E-state index is 0.00380. The van der Waals surface area contributed by atoms with Crippen molar-refractivity contribution < 1.29 is 9.21 Å². The summed E-state index contributed by atoms with van der Waals surface area (Å²) in [5, 5.41) is 3.43. The molecule has 0 aliphatic carbocycles. The van der Waals surface area contributed by atoms with Crippen molar-refractivity contribution >= 4 is 21.8 Å². The second-order valence-corrected chi connectivity index (χ2v) is 5.30. The number of halogens is 1. The van der Waals surface area contributed by atoms with Crippen LogP contribution in [0, 0.1) is 5.92 Å². The minimum absolute atomic E-state index is 0.00380. The third-order valence-corrected chi connectivity index (χ3v) is 3.73. The first-order valence-corrected chi connectivity index (χ1v) is 6.29. The Kier molecular flexibility index (Phi) is 2.52. The number of likely N-dealkylation sites (tertiary alicyclic amines) is 1. The fourth-order valence-corrected chi connectivity index (χ4v) is 2.89. The van der Waals surface area contributed by atoms with Gasteiger partial charge in [0.1, 0.15) is 0 Å². The molecule has 0 aromatic carbocycles. The van der Waals surface area contributed by atoms with E-state index in [1.165, 1.54) is 6.42 Å². The van der Waals surface area contributed by atoms with E-state index >= 15 is 0 Å². The summed E-state index contributed by atoms with van der Waals surface area (Å²) in [7, 11) is 0. The molecule has 86 valence electrons. The summed E-state index contributed by atoms with van der Waals surface area (Å²) in [5.74, 6) is 1.04. The van der Waals surface area contributed by atoms with E-state index in [4.69, 9.17) is 4.42 Å². The highest BCUT2D eigenvalue weighted by molar-refractivity contribution is 9.10. The maximum Gasteiger partial charge on any atom is 0.289 e. The molecule has 4 nitrogen and oxygen atoms in total. The van der Waals surface area contributed by atoms with Gasteiger partial charge in [-0.3, -0.25) is 4.79 Å². The Labute approximate surface area is 102 Å². The van der Waals surface area contributed by atoms with Crippen molar-refractivity contribution in [2.45, 2.75) is 12.5 Å². The number of nitrogens with zero attached hydrogens (tertiary/aromatic N) is 1. The van der Waals surface area contributed by atoms with Crippen LogP contribution in [0.3, 0.4) is 0 Å². The molecule has 2 atom stereocenters. The quantitative estimate of drug-likeness (QED) is 0.850. The van der Waals surface area contributed by atoms with Crippen molar-refractivity contribution in [1.82, 2.24) is 10.2 Å². The van der Waals surface area contributed by atoms with Gasteiger partial charge in [0.15, 0.2) is 10.4 Å².